The van der Waals surface area contributed by atoms with E-state index in [1.165, 1.54) is 0 Å². The molecule has 1 fully saturated rings. The van der Waals surface area contributed by atoms with Crippen molar-refractivity contribution >= 4 is 15.5 Å². The maximum Gasteiger partial charge on any atom is 0.153 e. The van der Waals surface area contributed by atoms with Gasteiger partial charge in [0, 0.05) is 37.1 Å². The van der Waals surface area contributed by atoms with Crippen molar-refractivity contribution in [1.29, 1.82) is 0 Å². The van der Waals surface area contributed by atoms with Crippen LogP contribution in [0.25, 0.3) is 0 Å². The van der Waals surface area contributed by atoms with Gasteiger partial charge >= 0.3 is 0 Å². The first-order valence-corrected chi connectivity index (χ1v) is 9.32. The summed E-state index contributed by atoms with van der Waals surface area (Å²) in [5.41, 5.74) is 1.13. The van der Waals surface area contributed by atoms with Crippen molar-refractivity contribution in [2.45, 2.75) is 13.3 Å². The standard InChI is InChI=1S/C15H24N2O3S/c1-2-21(18,19)12-11-20-15-6-3-5-14(13-15)17-9-4-7-16-8-10-17/h3,5-6,13,16H,2,4,7-12H2,1H3. The molecule has 21 heavy (non-hydrogen) atoms. The van der Waals surface area contributed by atoms with Gasteiger partial charge in [0.1, 0.15) is 12.4 Å². The first-order valence-electron chi connectivity index (χ1n) is 7.50. The predicted molar refractivity (Wildman–Crippen MR) is 86.0 cm³/mol. The van der Waals surface area contributed by atoms with Gasteiger partial charge in [-0.3, -0.25) is 0 Å². The van der Waals surface area contributed by atoms with Crippen LogP contribution in [0.1, 0.15) is 13.3 Å². The fourth-order valence-electron chi connectivity index (χ4n) is 2.30. The molecule has 1 heterocycles. The molecule has 0 unspecified atom stereocenters. The highest BCUT2D eigenvalue weighted by atomic mass is 32.2. The average molecular weight is 312 g/mol. The molecular formula is C15H24N2O3S. The zero-order valence-corrected chi connectivity index (χ0v) is 13.4. The van der Waals surface area contributed by atoms with E-state index in [-0.39, 0.29) is 18.1 Å². The van der Waals surface area contributed by atoms with Gasteiger partial charge in [-0.25, -0.2) is 8.42 Å². The summed E-state index contributed by atoms with van der Waals surface area (Å²) < 4.78 is 28.5. The molecule has 0 amide bonds. The van der Waals surface area contributed by atoms with Crippen LogP contribution in [-0.2, 0) is 9.84 Å². The minimum Gasteiger partial charge on any atom is -0.492 e. The molecule has 1 saturated heterocycles. The summed E-state index contributed by atoms with van der Waals surface area (Å²) in [6, 6.07) is 7.89. The van der Waals surface area contributed by atoms with Gasteiger partial charge in [-0.05, 0) is 25.1 Å². The van der Waals surface area contributed by atoms with Crippen LogP contribution in [0, 0.1) is 0 Å². The number of anilines is 1. The van der Waals surface area contributed by atoms with Crippen LogP contribution in [-0.4, -0.2) is 52.7 Å². The molecular weight excluding hydrogens is 288 g/mol. The molecule has 1 aliphatic rings. The number of nitrogens with zero attached hydrogens (tertiary/aromatic N) is 1. The van der Waals surface area contributed by atoms with E-state index in [1.54, 1.807) is 6.92 Å². The molecule has 1 aromatic rings. The largest absolute Gasteiger partial charge is 0.492 e. The van der Waals surface area contributed by atoms with E-state index in [0.29, 0.717) is 0 Å². The van der Waals surface area contributed by atoms with Crippen molar-refractivity contribution in [1.82, 2.24) is 5.32 Å². The van der Waals surface area contributed by atoms with E-state index in [2.05, 4.69) is 16.3 Å². The second-order valence-corrected chi connectivity index (χ2v) is 7.65. The van der Waals surface area contributed by atoms with E-state index in [0.717, 1.165) is 44.0 Å². The molecule has 0 aromatic heterocycles. The number of sulfone groups is 1. The van der Waals surface area contributed by atoms with Crippen molar-refractivity contribution < 1.29 is 13.2 Å². The van der Waals surface area contributed by atoms with Gasteiger partial charge in [0.25, 0.3) is 0 Å². The molecule has 0 bridgehead atoms. The van der Waals surface area contributed by atoms with Gasteiger partial charge in [0.2, 0.25) is 0 Å². The number of ether oxygens (including phenoxy) is 1. The second-order valence-electron chi connectivity index (χ2n) is 5.17. The monoisotopic (exact) mass is 312 g/mol. The Morgan fingerprint density at radius 2 is 2.14 bits per heavy atom. The number of hydrogen-bond donors (Lipinski definition) is 1. The third kappa shape index (κ3) is 5.21. The van der Waals surface area contributed by atoms with Crippen molar-refractivity contribution in [3.8, 4) is 5.75 Å². The maximum absolute atomic E-state index is 11.4. The molecule has 0 aliphatic carbocycles. The minimum absolute atomic E-state index is 0.0708. The molecule has 0 radical (unpaired) electrons. The molecule has 2 rings (SSSR count). The molecule has 0 spiro atoms. The van der Waals surface area contributed by atoms with Crippen LogP contribution in [0.5, 0.6) is 5.75 Å². The smallest absolute Gasteiger partial charge is 0.153 e. The summed E-state index contributed by atoms with van der Waals surface area (Å²) in [5, 5.41) is 3.38. The lowest BCUT2D eigenvalue weighted by atomic mass is 10.2. The van der Waals surface area contributed by atoms with Gasteiger partial charge in [-0.2, -0.15) is 0 Å². The van der Waals surface area contributed by atoms with Crippen molar-refractivity contribution in [2.24, 2.45) is 0 Å². The number of benzene rings is 1. The zero-order valence-electron chi connectivity index (χ0n) is 12.5. The highest BCUT2D eigenvalue weighted by Crippen LogP contribution is 2.21. The summed E-state index contributed by atoms with van der Waals surface area (Å²) >= 11 is 0. The van der Waals surface area contributed by atoms with Crippen molar-refractivity contribution in [3.63, 3.8) is 0 Å². The Hall–Kier alpha value is -1.27. The quantitative estimate of drug-likeness (QED) is 0.858. The first kappa shape index (κ1) is 16.1. The predicted octanol–water partition coefficient (Wildman–Crippen LogP) is 1.30. The van der Waals surface area contributed by atoms with Gasteiger partial charge in [-0.15, -0.1) is 0 Å². The van der Waals surface area contributed by atoms with Crippen molar-refractivity contribution in [3.05, 3.63) is 24.3 Å². The summed E-state index contributed by atoms with van der Waals surface area (Å²) in [6.07, 6.45) is 1.12. The molecule has 0 atom stereocenters. The molecule has 1 N–H and O–H groups in total. The van der Waals surface area contributed by atoms with E-state index < -0.39 is 9.84 Å². The highest BCUT2D eigenvalue weighted by molar-refractivity contribution is 7.91. The molecule has 1 aliphatic heterocycles. The first-order chi connectivity index (χ1) is 10.1. The van der Waals surface area contributed by atoms with E-state index in [1.807, 2.05) is 18.2 Å². The van der Waals surface area contributed by atoms with E-state index in [4.69, 9.17) is 4.74 Å². The normalized spacial score (nSPS) is 16.5. The molecule has 118 valence electrons. The summed E-state index contributed by atoms with van der Waals surface area (Å²) in [5.74, 6) is 0.967. The number of nitrogens with one attached hydrogen (secondary N) is 1. The van der Waals surface area contributed by atoms with Crippen molar-refractivity contribution in [2.75, 3.05) is 49.2 Å². The van der Waals surface area contributed by atoms with E-state index >= 15 is 0 Å². The average Bonchev–Trinajstić information content (AvgIpc) is 2.76. The van der Waals surface area contributed by atoms with Crippen LogP contribution in [0.15, 0.2) is 24.3 Å². The minimum atomic E-state index is -2.97. The summed E-state index contributed by atoms with van der Waals surface area (Å²) in [4.78, 5) is 2.33. The third-order valence-corrected chi connectivity index (χ3v) is 5.29. The van der Waals surface area contributed by atoms with Gasteiger partial charge in [-0.1, -0.05) is 13.0 Å². The van der Waals surface area contributed by atoms with Gasteiger partial charge in [0.15, 0.2) is 9.84 Å². The van der Waals surface area contributed by atoms with Gasteiger partial charge < -0.3 is 15.0 Å². The Balaban J connectivity index is 1.94. The topological polar surface area (TPSA) is 58.6 Å². The number of hydrogen-bond acceptors (Lipinski definition) is 5. The Labute approximate surface area is 127 Å². The molecule has 0 saturated carbocycles. The molecule has 6 heteroatoms. The lowest BCUT2D eigenvalue weighted by Crippen LogP contribution is -2.27. The van der Waals surface area contributed by atoms with Crippen LogP contribution in [0.2, 0.25) is 0 Å². The zero-order chi connectivity index (χ0) is 15.1. The summed E-state index contributed by atoms with van der Waals surface area (Å²) in [6.45, 7) is 5.92. The second kappa shape index (κ2) is 7.66. The summed E-state index contributed by atoms with van der Waals surface area (Å²) in [7, 11) is -2.97. The third-order valence-electron chi connectivity index (χ3n) is 3.63. The molecule has 1 aromatic carbocycles. The van der Waals surface area contributed by atoms with Crippen LogP contribution < -0.4 is 15.0 Å². The van der Waals surface area contributed by atoms with E-state index in [9.17, 15) is 8.42 Å². The Kier molecular flexibility index (Phi) is 5.87. The lowest BCUT2D eigenvalue weighted by Gasteiger charge is -2.22. The highest BCUT2D eigenvalue weighted by Gasteiger charge is 2.11. The Morgan fingerprint density at radius 1 is 1.29 bits per heavy atom. The number of rotatable bonds is 6. The van der Waals surface area contributed by atoms with Crippen LogP contribution >= 0.6 is 0 Å². The maximum atomic E-state index is 11.4. The lowest BCUT2D eigenvalue weighted by molar-refractivity contribution is 0.341. The van der Waals surface area contributed by atoms with Crippen LogP contribution in [0.3, 0.4) is 0 Å². The fraction of sp³-hybridized carbons (Fsp3) is 0.600. The SMILES string of the molecule is CCS(=O)(=O)CCOc1cccc(N2CCCNCC2)c1. The Bertz CT molecular complexity index is 538. The van der Waals surface area contributed by atoms with Crippen LogP contribution in [0.4, 0.5) is 5.69 Å². The molecule has 5 nitrogen and oxygen atoms in total. The Morgan fingerprint density at radius 3 is 2.95 bits per heavy atom. The van der Waals surface area contributed by atoms with Gasteiger partial charge in [0.05, 0.1) is 5.75 Å². The fourth-order valence-corrected chi connectivity index (χ4v) is 2.93.